The highest BCUT2D eigenvalue weighted by molar-refractivity contribution is 5.91. The van der Waals surface area contributed by atoms with E-state index in [4.69, 9.17) is 9.63 Å². The largest absolute Gasteiger partial charge is 0.465 e. The van der Waals surface area contributed by atoms with Crippen molar-refractivity contribution in [1.29, 1.82) is 0 Å². The molecule has 0 unspecified atom stereocenters. The van der Waals surface area contributed by atoms with Gasteiger partial charge in [-0.2, -0.15) is 10.1 Å². The van der Waals surface area contributed by atoms with Crippen LogP contribution in [0.3, 0.4) is 0 Å². The van der Waals surface area contributed by atoms with E-state index in [-0.39, 0.29) is 11.8 Å². The molecule has 132 valence electrons. The zero-order valence-corrected chi connectivity index (χ0v) is 13.8. The summed E-state index contributed by atoms with van der Waals surface area (Å²) in [5.41, 5.74) is 1.44. The van der Waals surface area contributed by atoms with Crippen molar-refractivity contribution in [2.24, 2.45) is 0 Å². The van der Waals surface area contributed by atoms with Crippen LogP contribution in [0.25, 0.3) is 22.5 Å². The minimum atomic E-state index is -1.17. The lowest BCUT2D eigenvalue weighted by Crippen LogP contribution is -2.24. The molecule has 3 aromatic heterocycles. The van der Waals surface area contributed by atoms with Crippen LogP contribution in [0.1, 0.15) is 0 Å². The van der Waals surface area contributed by atoms with Crippen LogP contribution in [0.5, 0.6) is 0 Å². The molecular formula is C16H15N7O3. The predicted octanol–water partition coefficient (Wildman–Crippen LogP) is 2.10. The number of fused-ring (bicyclic) bond motifs is 1. The molecule has 0 saturated heterocycles. The normalized spacial score (nSPS) is 11.1. The van der Waals surface area contributed by atoms with Gasteiger partial charge in [0.1, 0.15) is 5.69 Å². The second kappa shape index (κ2) is 6.31. The Hall–Kier alpha value is -3.69. The van der Waals surface area contributed by atoms with E-state index in [1.807, 2.05) is 35.0 Å². The molecule has 1 aromatic carbocycles. The minimum Gasteiger partial charge on any atom is -0.465 e. The van der Waals surface area contributed by atoms with Gasteiger partial charge in [0, 0.05) is 31.4 Å². The fraction of sp³-hybridized carbons (Fsp3) is 0.188. The monoisotopic (exact) mass is 353 g/mol. The molecule has 0 atom stereocenters. The zero-order valence-electron chi connectivity index (χ0n) is 13.8. The van der Waals surface area contributed by atoms with Gasteiger partial charge in [0.05, 0.1) is 18.4 Å². The molecule has 0 aliphatic carbocycles. The van der Waals surface area contributed by atoms with Crippen LogP contribution in [-0.2, 0) is 13.1 Å². The fourth-order valence-corrected chi connectivity index (χ4v) is 2.63. The van der Waals surface area contributed by atoms with Crippen molar-refractivity contribution in [2.75, 3.05) is 11.9 Å². The van der Waals surface area contributed by atoms with Gasteiger partial charge in [0.2, 0.25) is 0 Å². The summed E-state index contributed by atoms with van der Waals surface area (Å²) in [6.45, 7) is 1.23. The second-order valence-electron chi connectivity index (χ2n) is 5.63. The third-order valence-electron chi connectivity index (χ3n) is 3.98. The van der Waals surface area contributed by atoms with Crippen LogP contribution in [-0.4, -0.2) is 47.7 Å². The van der Waals surface area contributed by atoms with Crippen molar-refractivity contribution in [1.82, 2.24) is 29.5 Å². The molecule has 10 nitrogen and oxygen atoms in total. The van der Waals surface area contributed by atoms with E-state index < -0.39 is 6.09 Å². The molecule has 0 aliphatic heterocycles. The smallest absolute Gasteiger partial charge is 0.414 e. The van der Waals surface area contributed by atoms with E-state index in [1.165, 1.54) is 7.05 Å². The summed E-state index contributed by atoms with van der Waals surface area (Å²) in [6.07, 6.45) is 4.15. The number of hydrogen-bond acceptors (Lipinski definition) is 6. The molecule has 0 aliphatic rings. The van der Waals surface area contributed by atoms with E-state index >= 15 is 0 Å². The van der Waals surface area contributed by atoms with Crippen LogP contribution in [0, 0.1) is 0 Å². The van der Waals surface area contributed by atoms with Gasteiger partial charge in [0.25, 0.3) is 11.8 Å². The third-order valence-corrected chi connectivity index (χ3v) is 3.98. The van der Waals surface area contributed by atoms with Gasteiger partial charge in [-0.1, -0.05) is 18.2 Å². The van der Waals surface area contributed by atoms with Gasteiger partial charge >= 0.3 is 6.09 Å². The van der Waals surface area contributed by atoms with Crippen molar-refractivity contribution in [3.63, 3.8) is 0 Å². The molecule has 0 saturated carbocycles. The first-order valence-corrected chi connectivity index (χ1v) is 7.85. The molecule has 1 amide bonds. The molecule has 1 N–H and O–H groups in total. The summed E-state index contributed by atoms with van der Waals surface area (Å²) in [5.74, 6) is 0.186. The molecule has 3 heterocycles. The molecule has 26 heavy (non-hydrogen) atoms. The van der Waals surface area contributed by atoms with E-state index in [9.17, 15) is 4.79 Å². The van der Waals surface area contributed by atoms with Gasteiger partial charge in [-0.05, 0) is 11.2 Å². The number of amides is 1. The lowest BCUT2D eigenvalue weighted by atomic mass is 10.2. The SMILES string of the molecule is CN(C(=O)O)c1noc(-c2c3ccccc3nn2CCn2ccnc2)n1. The Bertz CT molecular complexity index is 1050. The number of anilines is 1. The van der Waals surface area contributed by atoms with Gasteiger partial charge in [-0.15, -0.1) is 0 Å². The number of imidazole rings is 1. The van der Waals surface area contributed by atoms with E-state index in [2.05, 4.69) is 20.2 Å². The van der Waals surface area contributed by atoms with Crippen LogP contribution in [0.2, 0.25) is 0 Å². The summed E-state index contributed by atoms with van der Waals surface area (Å²) in [5, 5.41) is 18.3. The Morgan fingerprint density at radius 1 is 1.31 bits per heavy atom. The Kier molecular flexibility index (Phi) is 3.84. The molecule has 4 aromatic rings. The average molecular weight is 353 g/mol. The van der Waals surface area contributed by atoms with Crippen LogP contribution >= 0.6 is 0 Å². The minimum absolute atomic E-state index is 0.0288. The first kappa shape index (κ1) is 15.8. The van der Waals surface area contributed by atoms with Crippen LogP contribution in [0.15, 0.2) is 47.5 Å². The number of aromatic nitrogens is 6. The number of carbonyl (C=O) groups is 1. The van der Waals surface area contributed by atoms with Gasteiger partial charge < -0.3 is 14.2 Å². The number of aryl methyl sites for hydroxylation is 2. The van der Waals surface area contributed by atoms with Crippen molar-refractivity contribution >= 4 is 22.9 Å². The number of rotatable bonds is 5. The van der Waals surface area contributed by atoms with Gasteiger partial charge in [0.15, 0.2) is 0 Å². The van der Waals surface area contributed by atoms with Gasteiger partial charge in [-0.25, -0.2) is 14.7 Å². The summed E-state index contributed by atoms with van der Waals surface area (Å²) in [7, 11) is 1.35. The van der Waals surface area contributed by atoms with Crippen LogP contribution in [0.4, 0.5) is 10.7 Å². The molecule has 0 radical (unpaired) electrons. The van der Waals surface area contributed by atoms with Gasteiger partial charge in [-0.3, -0.25) is 4.68 Å². The molecule has 0 fully saturated rings. The standard InChI is InChI=1S/C16H15N7O3/c1-21(16(24)25)15-18-14(26-20-15)13-11-4-2-3-5-12(11)19-23(13)9-8-22-7-6-17-10-22/h2-7,10H,8-9H2,1H3,(H,24,25). The molecule has 0 spiro atoms. The Labute approximate surface area is 147 Å². The van der Waals surface area contributed by atoms with E-state index in [1.54, 1.807) is 17.2 Å². The van der Waals surface area contributed by atoms with Crippen molar-refractivity contribution < 1.29 is 14.4 Å². The first-order valence-electron chi connectivity index (χ1n) is 7.85. The lowest BCUT2D eigenvalue weighted by molar-refractivity contribution is 0.202. The molecular weight excluding hydrogens is 338 g/mol. The topological polar surface area (TPSA) is 115 Å². The van der Waals surface area contributed by atoms with E-state index in [0.29, 0.717) is 18.8 Å². The first-order chi connectivity index (χ1) is 12.6. The summed E-state index contributed by atoms with van der Waals surface area (Å²) in [6, 6.07) is 7.61. The summed E-state index contributed by atoms with van der Waals surface area (Å²) >= 11 is 0. The Morgan fingerprint density at radius 2 is 2.15 bits per heavy atom. The molecule has 10 heteroatoms. The highest BCUT2D eigenvalue weighted by Crippen LogP contribution is 2.28. The third kappa shape index (κ3) is 2.77. The number of hydrogen-bond donors (Lipinski definition) is 1. The molecule has 4 rings (SSSR count). The van der Waals surface area contributed by atoms with Crippen molar-refractivity contribution in [3.05, 3.63) is 43.0 Å². The number of benzene rings is 1. The zero-order chi connectivity index (χ0) is 18.1. The summed E-state index contributed by atoms with van der Waals surface area (Å²) < 4.78 is 9.04. The molecule has 0 bridgehead atoms. The van der Waals surface area contributed by atoms with Crippen molar-refractivity contribution in [2.45, 2.75) is 13.1 Å². The quantitative estimate of drug-likeness (QED) is 0.584. The fourth-order valence-electron chi connectivity index (χ4n) is 2.63. The maximum Gasteiger partial charge on any atom is 0.414 e. The predicted molar refractivity (Wildman–Crippen MR) is 91.7 cm³/mol. The average Bonchev–Trinajstić information content (AvgIpc) is 3.37. The number of nitrogens with zero attached hydrogens (tertiary/aromatic N) is 7. The maximum absolute atomic E-state index is 11.1. The van der Waals surface area contributed by atoms with E-state index in [0.717, 1.165) is 15.8 Å². The highest BCUT2D eigenvalue weighted by Gasteiger charge is 2.22. The second-order valence-corrected chi connectivity index (χ2v) is 5.63. The maximum atomic E-state index is 11.1. The van der Waals surface area contributed by atoms with Crippen molar-refractivity contribution in [3.8, 4) is 11.6 Å². The number of carboxylic acid groups (broad SMARTS) is 1. The van der Waals surface area contributed by atoms with Crippen LogP contribution < -0.4 is 4.90 Å². The lowest BCUT2D eigenvalue weighted by Gasteiger charge is -2.06. The highest BCUT2D eigenvalue weighted by atomic mass is 16.5. The Morgan fingerprint density at radius 3 is 2.92 bits per heavy atom. The Balaban J connectivity index is 1.75. The summed E-state index contributed by atoms with van der Waals surface area (Å²) in [4.78, 5) is 20.2.